The number of hydrogen-bond acceptors (Lipinski definition) is 7. The maximum atomic E-state index is 14.6. The number of thiazole rings is 1. The number of aromatic carboxylic acids is 1. The lowest BCUT2D eigenvalue weighted by molar-refractivity contribution is -0.0726. The zero-order valence-corrected chi connectivity index (χ0v) is 22.8. The number of carbonyl (C=O) groups is 1. The summed E-state index contributed by atoms with van der Waals surface area (Å²) in [6.07, 6.45) is 3.84. The second-order valence-corrected chi connectivity index (χ2v) is 12.6. The van der Waals surface area contributed by atoms with Crippen molar-refractivity contribution >= 4 is 50.7 Å². The highest BCUT2D eigenvalue weighted by Crippen LogP contribution is 2.58. The van der Waals surface area contributed by atoms with Gasteiger partial charge in [-0.1, -0.05) is 34.4 Å². The third kappa shape index (κ3) is 4.17. The molecule has 3 fully saturated rings. The molecule has 3 saturated carbocycles. The summed E-state index contributed by atoms with van der Waals surface area (Å²) in [5.41, 5.74) is 0.851. The van der Waals surface area contributed by atoms with Crippen LogP contribution in [0.3, 0.4) is 0 Å². The molecule has 0 aliphatic heterocycles. The molecule has 7 nitrogen and oxygen atoms in total. The first-order valence-corrected chi connectivity index (χ1v) is 14.4. The number of rotatable bonds is 7. The molecule has 2 bridgehead atoms. The largest absolute Gasteiger partial charge is 0.478 e. The lowest BCUT2D eigenvalue weighted by Crippen LogP contribution is -2.37. The molecule has 3 aliphatic rings. The molecule has 7 rings (SSSR count). The Balaban J connectivity index is 1.12. The highest BCUT2D eigenvalue weighted by Gasteiger charge is 2.57. The molecule has 4 atom stereocenters. The molecule has 2 aromatic carbocycles. The van der Waals surface area contributed by atoms with E-state index >= 15 is 0 Å². The molecule has 2 aromatic heterocycles. The Bertz CT molecular complexity index is 1620. The zero-order valence-electron chi connectivity index (χ0n) is 20.5. The van der Waals surface area contributed by atoms with E-state index in [1.165, 1.54) is 6.07 Å². The van der Waals surface area contributed by atoms with Gasteiger partial charge in [-0.2, -0.15) is 0 Å². The molecular weight excluding hydrogens is 566 g/mol. The second-order valence-electron chi connectivity index (χ2n) is 10.8. The van der Waals surface area contributed by atoms with Crippen molar-refractivity contribution in [1.82, 2.24) is 10.1 Å². The number of carboxylic acids is 1. The smallest absolute Gasteiger partial charge is 0.335 e. The molecule has 11 heteroatoms. The topological polar surface area (TPSA) is 106 Å². The molecule has 202 valence electrons. The molecule has 3 aliphatic carbocycles. The fourth-order valence-electron chi connectivity index (χ4n) is 6.26. The van der Waals surface area contributed by atoms with Gasteiger partial charge in [0.15, 0.2) is 5.82 Å². The van der Waals surface area contributed by atoms with Gasteiger partial charge in [-0.25, -0.2) is 14.2 Å². The van der Waals surface area contributed by atoms with Crippen LogP contribution in [0.15, 0.2) is 34.9 Å². The molecule has 0 spiro atoms. The summed E-state index contributed by atoms with van der Waals surface area (Å²) in [4.78, 5) is 15.7. The van der Waals surface area contributed by atoms with Crippen molar-refractivity contribution in [3.05, 3.63) is 68.1 Å². The van der Waals surface area contributed by atoms with Crippen LogP contribution in [0.1, 0.15) is 64.7 Å². The Morgan fingerprint density at radius 1 is 1.23 bits per heavy atom. The summed E-state index contributed by atoms with van der Waals surface area (Å²) in [5, 5.41) is 26.7. The highest BCUT2D eigenvalue weighted by atomic mass is 35.5. The van der Waals surface area contributed by atoms with Gasteiger partial charge >= 0.3 is 5.97 Å². The Morgan fingerprint density at radius 3 is 2.67 bits per heavy atom. The van der Waals surface area contributed by atoms with Gasteiger partial charge in [0.2, 0.25) is 0 Å². The maximum absolute atomic E-state index is 14.6. The monoisotopic (exact) mass is 588 g/mol. The quantitative estimate of drug-likeness (QED) is 0.235. The van der Waals surface area contributed by atoms with Crippen LogP contribution < -0.4 is 0 Å². The van der Waals surface area contributed by atoms with Gasteiger partial charge in [0, 0.05) is 17.0 Å². The SMILES string of the molecule is O=C(O)c1cc(F)c2nc([C@]3(O)C[C@H]4C[C@@H]3CC4OCc3c(-c4c(Cl)cccc4Cl)noc3C3CC3)sc2c1. The van der Waals surface area contributed by atoms with E-state index in [0.29, 0.717) is 56.4 Å². The first-order valence-electron chi connectivity index (χ1n) is 12.8. The van der Waals surface area contributed by atoms with Gasteiger partial charge < -0.3 is 19.5 Å². The highest BCUT2D eigenvalue weighted by molar-refractivity contribution is 7.18. The van der Waals surface area contributed by atoms with Gasteiger partial charge in [-0.05, 0) is 68.2 Å². The molecule has 0 saturated heterocycles. The van der Waals surface area contributed by atoms with Crippen LogP contribution >= 0.6 is 34.5 Å². The van der Waals surface area contributed by atoms with E-state index < -0.39 is 17.4 Å². The Kier molecular flexibility index (Phi) is 6.02. The van der Waals surface area contributed by atoms with Crippen LogP contribution in [0.25, 0.3) is 21.5 Å². The average molecular weight is 589 g/mol. The standard InChI is InChI=1S/C28H23Cl2FN2O5S/c29-17-2-1-3-18(30)22(17)23-16(25(38-33-23)12-4-5-12)11-37-20-9-15-6-14(20)10-28(15,36)27-32-24-19(31)7-13(26(34)35)8-21(24)39-27/h1-3,7-8,12,14-15,20,36H,4-6,9-11H2,(H,34,35)/t14-,15-,20?,28+/m1/s1. The average Bonchev–Trinajstić information content (AvgIpc) is 3.21. The van der Waals surface area contributed by atoms with E-state index in [1.807, 2.05) is 0 Å². The van der Waals surface area contributed by atoms with E-state index in [0.717, 1.165) is 48.0 Å². The lowest BCUT2D eigenvalue weighted by atomic mass is 9.83. The second kappa shape index (κ2) is 9.24. The number of aliphatic hydroxyl groups is 1. The van der Waals surface area contributed by atoms with Crippen molar-refractivity contribution in [1.29, 1.82) is 0 Å². The molecular formula is C28H23Cl2FN2O5S. The van der Waals surface area contributed by atoms with E-state index in [-0.39, 0.29) is 29.0 Å². The first kappa shape index (κ1) is 25.4. The van der Waals surface area contributed by atoms with Crippen LogP contribution in [0.2, 0.25) is 10.0 Å². The number of aromatic nitrogens is 2. The molecule has 2 heterocycles. The summed E-state index contributed by atoms with van der Waals surface area (Å²) in [5.74, 6) is -0.770. The molecule has 4 aromatic rings. The van der Waals surface area contributed by atoms with Gasteiger partial charge in [-0.3, -0.25) is 0 Å². The number of fused-ring (bicyclic) bond motifs is 3. The van der Waals surface area contributed by atoms with Crippen LogP contribution in [-0.4, -0.2) is 32.4 Å². The number of benzene rings is 2. The van der Waals surface area contributed by atoms with Crippen molar-refractivity contribution in [2.24, 2.45) is 11.8 Å². The predicted molar refractivity (Wildman–Crippen MR) is 144 cm³/mol. The van der Waals surface area contributed by atoms with Crippen LogP contribution in [0.4, 0.5) is 4.39 Å². The molecule has 2 N–H and O–H groups in total. The Labute approximate surface area is 236 Å². The molecule has 0 amide bonds. The van der Waals surface area contributed by atoms with E-state index in [2.05, 4.69) is 10.1 Å². The van der Waals surface area contributed by atoms with Gasteiger partial charge in [0.1, 0.15) is 27.6 Å². The van der Waals surface area contributed by atoms with Gasteiger partial charge in [-0.15, -0.1) is 11.3 Å². The van der Waals surface area contributed by atoms with Gasteiger partial charge in [0.25, 0.3) is 0 Å². The summed E-state index contributed by atoms with van der Waals surface area (Å²) in [6.45, 7) is 0.294. The molecule has 1 unspecified atom stereocenters. The lowest BCUT2D eigenvalue weighted by Gasteiger charge is -2.34. The van der Waals surface area contributed by atoms with Gasteiger partial charge in [0.05, 0.1) is 33.0 Å². The zero-order chi connectivity index (χ0) is 27.1. The van der Waals surface area contributed by atoms with E-state index in [4.69, 9.17) is 32.5 Å². The van der Waals surface area contributed by atoms with Crippen molar-refractivity contribution < 1.29 is 28.7 Å². The Morgan fingerprint density at radius 2 is 2.00 bits per heavy atom. The number of nitrogens with zero attached hydrogens (tertiary/aromatic N) is 2. The summed E-state index contributed by atoms with van der Waals surface area (Å²) >= 11 is 14.1. The minimum absolute atomic E-state index is 0.0727. The van der Waals surface area contributed by atoms with E-state index in [1.54, 1.807) is 18.2 Å². The molecule has 0 radical (unpaired) electrons. The number of ether oxygens (including phenoxy) is 1. The van der Waals surface area contributed by atoms with E-state index in [9.17, 15) is 19.4 Å². The minimum atomic E-state index is -1.21. The minimum Gasteiger partial charge on any atom is -0.478 e. The third-order valence-electron chi connectivity index (χ3n) is 8.35. The van der Waals surface area contributed by atoms with Crippen LogP contribution in [0, 0.1) is 17.7 Å². The molecule has 39 heavy (non-hydrogen) atoms. The fraction of sp³-hybridized carbons (Fsp3) is 0.393. The predicted octanol–water partition coefficient (Wildman–Crippen LogP) is 7.18. The first-order chi connectivity index (χ1) is 18.7. The fourth-order valence-corrected chi connectivity index (χ4v) is 8.03. The normalized spacial score (nSPS) is 26.1. The summed E-state index contributed by atoms with van der Waals surface area (Å²) < 4.78 is 27.2. The number of hydrogen-bond donors (Lipinski definition) is 2. The third-order valence-corrected chi connectivity index (χ3v) is 10.2. The number of carboxylic acid groups (broad SMARTS) is 1. The summed E-state index contributed by atoms with van der Waals surface area (Å²) in [7, 11) is 0. The van der Waals surface area contributed by atoms with Crippen molar-refractivity contribution in [3.63, 3.8) is 0 Å². The van der Waals surface area contributed by atoms with Crippen LogP contribution in [0.5, 0.6) is 0 Å². The Hall–Kier alpha value is -2.56. The van der Waals surface area contributed by atoms with Crippen molar-refractivity contribution in [2.75, 3.05) is 0 Å². The van der Waals surface area contributed by atoms with Crippen molar-refractivity contribution in [2.45, 2.75) is 56.3 Å². The van der Waals surface area contributed by atoms with Crippen molar-refractivity contribution in [3.8, 4) is 11.3 Å². The maximum Gasteiger partial charge on any atom is 0.335 e. The summed E-state index contributed by atoms with van der Waals surface area (Å²) in [6, 6.07) is 7.70. The van der Waals surface area contributed by atoms with Crippen LogP contribution in [-0.2, 0) is 16.9 Å². The number of halogens is 3.